The number of hydrogen-bond acceptors (Lipinski definition) is 5. The van der Waals surface area contributed by atoms with Crippen molar-refractivity contribution < 1.29 is 18.0 Å². The van der Waals surface area contributed by atoms with E-state index < -0.39 is 12.7 Å². The summed E-state index contributed by atoms with van der Waals surface area (Å²) in [6, 6.07) is 0.564. The first-order chi connectivity index (χ1) is 17.1. The van der Waals surface area contributed by atoms with Gasteiger partial charge in [-0.3, -0.25) is 9.58 Å². The summed E-state index contributed by atoms with van der Waals surface area (Å²) in [6.45, 7) is 6.18. The van der Waals surface area contributed by atoms with E-state index in [4.69, 9.17) is 0 Å². The summed E-state index contributed by atoms with van der Waals surface area (Å²) in [7, 11) is 0. The van der Waals surface area contributed by atoms with Crippen molar-refractivity contribution in [2.24, 2.45) is 10.8 Å². The Morgan fingerprint density at radius 3 is 2.36 bits per heavy atom. The van der Waals surface area contributed by atoms with E-state index in [0.717, 1.165) is 68.2 Å². The van der Waals surface area contributed by atoms with E-state index in [0.29, 0.717) is 24.2 Å². The molecular weight excluding hydrogens is 473 g/mol. The molecule has 0 unspecified atom stereocenters. The molecule has 7 rings (SSSR count). The molecule has 2 amide bonds. The summed E-state index contributed by atoms with van der Waals surface area (Å²) in [5, 5.41) is 8.58. The third-order valence-corrected chi connectivity index (χ3v) is 8.87. The molecule has 5 aliphatic rings. The molecule has 0 N–H and O–H groups in total. The van der Waals surface area contributed by atoms with Gasteiger partial charge in [0.25, 0.3) is 0 Å². The summed E-state index contributed by atoms with van der Waals surface area (Å²) >= 11 is 0. The third kappa shape index (κ3) is 3.79. The Morgan fingerprint density at radius 2 is 1.72 bits per heavy atom. The molecule has 2 aromatic heterocycles. The predicted octanol–water partition coefficient (Wildman–Crippen LogP) is 2.80. The zero-order valence-electron chi connectivity index (χ0n) is 20.4. The fourth-order valence-electron chi connectivity index (χ4n) is 6.80. The largest absolute Gasteiger partial charge is 0.408 e. The van der Waals surface area contributed by atoms with Crippen LogP contribution in [0.2, 0.25) is 0 Å². The van der Waals surface area contributed by atoms with Crippen LogP contribution in [0, 0.1) is 17.8 Å². The molecule has 2 aliphatic carbocycles. The highest BCUT2D eigenvalue weighted by atomic mass is 19.4. The zero-order chi connectivity index (χ0) is 24.9. The molecular formula is C24H31F3N8O. The quantitative estimate of drug-likeness (QED) is 0.626. The number of halogens is 3. The molecule has 0 radical (unpaired) electrons. The third-order valence-electron chi connectivity index (χ3n) is 8.87. The fraction of sp³-hybridized carbons (Fsp3) is 0.750. The van der Waals surface area contributed by atoms with Gasteiger partial charge in [-0.25, -0.2) is 14.5 Å². The van der Waals surface area contributed by atoms with Crippen LogP contribution in [0.15, 0.2) is 12.5 Å². The number of nitrogens with zero attached hydrogens (tertiary/aromatic N) is 8. The molecule has 9 nitrogen and oxygen atoms in total. The first kappa shape index (κ1) is 22.6. The van der Waals surface area contributed by atoms with Crippen molar-refractivity contribution in [2.45, 2.75) is 63.8 Å². The Morgan fingerprint density at radius 1 is 1.06 bits per heavy atom. The lowest BCUT2D eigenvalue weighted by molar-refractivity contribution is -0.143. The average molecular weight is 505 g/mol. The van der Waals surface area contributed by atoms with Crippen molar-refractivity contribution in [1.29, 1.82) is 0 Å². The van der Waals surface area contributed by atoms with E-state index in [1.807, 2.05) is 20.8 Å². The zero-order valence-corrected chi connectivity index (χ0v) is 20.4. The minimum absolute atomic E-state index is 0.141. The van der Waals surface area contributed by atoms with E-state index in [2.05, 4.69) is 20.1 Å². The Labute approximate surface area is 207 Å². The van der Waals surface area contributed by atoms with Crippen molar-refractivity contribution >= 4 is 6.03 Å². The average Bonchev–Trinajstić information content (AvgIpc) is 3.35. The van der Waals surface area contributed by atoms with Gasteiger partial charge >= 0.3 is 12.2 Å². The van der Waals surface area contributed by atoms with Gasteiger partial charge in [-0.2, -0.15) is 23.4 Å². The molecule has 2 spiro atoms. The van der Waals surface area contributed by atoms with Gasteiger partial charge in [0.05, 0.1) is 12.2 Å². The van der Waals surface area contributed by atoms with E-state index >= 15 is 0 Å². The topological polar surface area (TPSA) is 75.3 Å². The highest BCUT2D eigenvalue weighted by Gasteiger charge is 2.58. The molecule has 3 saturated heterocycles. The SMILES string of the molecule is Cc1c(CN2CC3(C2)CN(C(=O)N2CC4(CC(n5cnc(C6CC6)n5)C4)C2)C3)cnn1CC(F)(F)F. The van der Waals surface area contributed by atoms with E-state index in [9.17, 15) is 18.0 Å². The molecule has 12 heteroatoms. The van der Waals surface area contributed by atoms with Crippen LogP contribution in [-0.4, -0.2) is 90.7 Å². The van der Waals surface area contributed by atoms with Gasteiger partial charge in [0.1, 0.15) is 12.9 Å². The van der Waals surface area contributed by atoms with Crippen molar-refractivity contribution in [1.82, 2.24) is 39.2 Å². The summed E-state index contributed by atoms with van der Waals surface area (Å²) in [5.41, 5.74) is 1.80. The second-order valence-electron chi connectivity index (χ2n) is 12.1. The summed E-state index contributed by atoms with van der Waals surface area (Å²) in [4.78, 5) is 23.6. The molecule has 0 aromatic carbocycles. The van der Waals surface area contributed by atoms with Gasteiger partial charge < -0.3 is 9.80 Å². The van der Waals surface area contributed by atoms with Crippen molar-refractivity contribution in [3.05, 3.63) is 29.6 Å². The fourth-order valence-corrected chi connectivity index (χ4v) is 6.80. The number of carbonyl (C=O) groups is 1. The van der Waals surface area contributed by atoms with E-state index in [1.54, 1.807) is 13.1 Å². The monoisotopic (exact) mass is 504 g/mol. The van der Waals surface area contributed by atoms with Crippen LogP contribution >= 0.6 is 0 Å². The van der Waals surface area contributed by atoms with Gasteiger partial charge in [-0.15, -0.1) is 0 Å². The van der Waals surface area contributed by atoms with Gasteiger partial charge in [0.15, 0.2) is 5.82 Å². The molecule has 3 aliphatic heterocycles. The number of amides is 2. The molecule has 5 heterocycles. The summed E-state index contributed by atoms with van der Waals surface area (Å²) in [6.07, 6.45) is 3.71. The van der Waals surface area contributed by atoms with Crippen LogP contribution < -0.4 is 0 Å². The van der Waals surface area contributed by atoms with Gasteiger partial charge in [0, 0.05) is 73.8 Å². The van der Waals surface area contributed by atoms with Crippen LogP contribution in [0.25, 0.3) is 0 Å². The molecule has 194 valence electrons. The highest BCUT2D eigenvalue weighted by molar-refractivity contribution is 5.77. The Hall–Kier alpha value is -2.63. The Bertz CT molecular complexity index is 1170. The summed E-state index contributed by atoms with van der Waals surface area (Å²) < 4.78 is 41.1. The molecule has 0 atom stereocenters. The van der Waals surface area contributed by atoms with Crippen LogP contribution in [0.5, 0.6) is 0 Å². The number of hydrogen-bond donors (Lipinski definition) is 0. The number of aromatic nitrogens is 5. The number of rotatable bonds is 5. The lowest BCUT2D eigenvalue weighted by Crippen LogP contribution is -2.75. The van der Waals surface area contributed by atoms with Crippen LogP contribution in [-0.2, 0) is 13.1 Å². The predicted molar refractivity (Wildman–Crippen MR) is 122 cm³/mol. The second kappa shape index (κ2) is 7.45. The maximum absolute atomic E-state index is 12.9. The Kier molecular flexibility index (Phi) is 4.67. The van der Waals surface area contributed by atoms with Crippen LogP contribution in [0.4, 0.5) is 18.0 Å². The lowest BCUT2D eigenvalue weighted by Gasteiger charge is -2.63. The minimum Gasteiger partial charge on any atom is -0.323 e. The van der Waals surface area contributed by atoms with Crippen molar-refractivity contribution in [3.8, 4) is 0 Å². The van der Waals surface area contributed by atoms with E-state index in [1.165, 1.54) is 12.8 Å². The van der Waals surface area contributed by atoms with Gasteiger partial charge in [-0.05, 0) is 32.6 Å². The standard InChI is InChI=1S/C24H31F3N8O/c1-16-18(6-29-34(16)14-24(25,26)27)7-31-8-23(9-31)12-33(13-23)21(36)32-10-22(11-32)4-19(5-22)35-15-28-20(30-35)17-2-3-17/h6,15,17,19H,2-5,7-14H2,1H3. The molecule has 0 bridgehead atoms. The number of likely N-dealkylation sites (tertiary alicyclic amines) is 3. The number of alkyl halides is 3. The number of urea groups is 1. The second-order valence-corrected chi connectivity index (χ2v) is 12.1. The van der Waals surface area contributed by atoms with E-state index in [-0.39, 0.29) is 16.9 Å². The van der Waals surface area contributed by atoms with Crippen LogP contribution in [0.3, 0.4) is 0 Å². The molecule has 36 heavy (non-hydrogen) atoms. The first-order valence-electron chi connectivity index (χ1n) is 12.8. The van der Waals surface area contributed by atoms with Crippen molar-refractivity contribution in [3.63, 3.8) is 0 Å². The highest BCUT2D eigenvalue weighted by Crippen LogP contribution is 2.54. The lowest BCUT2D eigenvalue weighted by atomic mass is 9.60. The normalized spacial score (nSPS) is 25.0. The Balaban J connectivity index is 0.843. The molecule has 5 fully saturated rings. The maximum atomic E-state index is 12.9. The van der Waals surface area contributed by atoms with Gasteiger partial charge in [-0.1, -0.05) is 0 Å². The van der Waals surface area contributed by atoms with Crippen LogP contribution in [0.1, 0.15) is 54.7 Å². The molecule has 2 aromatic rings. The maximum Gasteiger partial charge on any atom is 0.408 e. The first-order valence-corrected chi connectivity index (χ1v) is 12.8. The van der Waals surface area contributed by atoms with Gasteiger partial charge in [0.2, 0.25) is 0 Å². The molecule has 2 saturated carbocycles. The summed E-state index contributed by atoms with van der Waals surface area (Å²) in [5.74, 6) is 1.57. The minimum atomic E-state index is -4.27. The number of carbonyl (C=O) groups excluding carboxylic acids is 1. The van der Waals surface area contributed by atoms with Crippen molar-refractivity contribution in [2.75, 3.05) is 39.3 Å². The smallest absolute Gasteiger partial charge is 0.323 e.